The van der Waals surface area contributed by atoms with Gasteiger partial charge in [-0.1, -0.05) is 27.7 Å². The number of hydrogen-bond acceptors (Lipinski definition) is 4. The minimum atomic E-state index is -0.386. The Kier molecular flexibility index (Phi) is 6.53. The maximum absolute atomic E-state index is 11.8. The molecule has 0 aliphatic rings. The number of esters is 1. The zero-order valence-corrected chi connectivity index (χ0v) is 13.8. The lowest BCUT2D eigenvalue weighted by molar-refractivity contribution is 0.0602. The van der Waals surface area contributed by atoms with Gasteiger partial charge in [0.2, 0.25) is 0 Å². The summed E-state index contributed by atoms with van der Waals surface area (Å²) in [4.78, 5) is 14.2. The lowest BCUT2D eigenvalue weighted by atomic mass is 10.0. The molecule has 0 amide bonds. The van der Waals surface area contributed by atoms with Crippen molar-refractivity contribution < 1.29 is 9.53 Å². The van der Waals surface area contributed by atoms with E-state index in [-0.39, 0.29) is 5.97 Å². The predicted octanol–water partition coefficient (Wildman–Crippen LogP) is 3.71. The average Bonchev–Trinajstić information content (AvgIpc) is 2.47. The summed E-state index contributed by atoms with van der Waals surface area (Å²) in [7, 11) is 1.38. The molecule has 0 radical (unpaired) electrons. The second kappa shape index (κ2) is 7.91. The highest BCUT2D eigenvalue weighted by Crippen LogP contribution is 2.26. The molecule has 0 saturated carbocycles. The number of carbonyl (C=O) groups is 1. The highest BCUT2D eigenvalue weighted by molar-refractivity contribution is 5.96. The standard InChI is InChI=1S/C17H28N2O2/c1-6-13(7-2)19(11-12(3)4)14-8-9-16(18)15(10-14)17(20)21-5/h8-10,12-13H,6-7,11,18H2,1-5H3. The van der Waals surface area contributed by atoms with E-state index in [1.54, 1.807) is 6.07 Å². The van der Waals surface area contributed by atoms with Gasteiger partial charge in [0.1, 0.15) is 0 Å². The number of hydrogen-bond donors (Lipinski definition) is 1. The molecule has 4 heteroatoms. The normalized spacial score (nSPS) is 11.0. The number of nitrogen functional groups attached to an aromatic ring is 1. The van der Waals surface area contributed by atoms with E-state index in [9.17, 15) is 4.79 Å². The van der Waals surface area contributed by atoms with Crippen molar-refractivity contribution in [3.05, 3.63) is 23.8 Å². The number of ether oxygens (including phenoxy) is 1. The van der Waals surface area contributed by atoms with Gasteiger partial charge < -0.3 is 15.4 Å². The molecule has 0 atom stereocenters. The number of nitrogens with two attached hydrogens (primary N) is 1. The Hall–Kier alpha value is -1.71. The van der Waals surface area contributed by atoms with Crippen LogP contribution in [0.25, 0.3) is 0 Å². The van der Waals surface area contributed by atoms with Crippen molar-refractivity contribution in [3.8, 4) is 0 Å². The first kappa shape index (κ1) is 17.3. The summed E-state index contributed by atoms with van der Waals surface area (Å²) in [6.45, 7) is 9.75. The highest BCUT2D eigenvalue weighted by atomic mass is 16.5. The van der Waals surface area contributed by atoms with Crippen LogP contribution in [0.2, 0.25) is 0 Å². The Morgan fingerprint density at radius 2 is 1.90 bits per heavy atom. The topological polar surface area (TPSA) is 55.6 Å². The zero-order valence-electron chi connectivity index (χ0n) is 13.8. The Morgan fingerprint density at radius 1 is 1.29 bits per heavy atom. The van der Waals surface area contributed by atoms with E-state index in [4.69, 9.17) is 10.5 Å². The van der Waals surface area contributed by atoms with Gasteiger partial charge in [0.25, 0.3) is 0 Å². The molecule has 1 aromatic carbocycles. The Bertz CT molecular complexity index is 468. The van der Waals surface area contributed by atoms with Gasteiger partial charge in [0.15, 0.2) is 0 Å². The molecule has 0 bridgehead atoms. The summed E-state index contributed by atoms with van der Waals surface area (Å²) in [6.07, 6.45) is 2.14. The average molecular weight is 292 g/mol. The first-order valence-electron chi connectivity index (χ1n) is 7.68. The first-order valence-corrected chi connectivity index (χ1v) is 7.68. The molecular weight excluding hydrogens is 264 g/mol. The maximum Gasteiger partial charge on any atom is 0.340 e. The van der Waals surface area contributed by atoms with Crippen LogP contribution in [-0.4, -0.2) is 25.7 Å². The van der Waals surface area contributed by atoms with Crippen LogP contribution in [0.4, 0.5) is 11.4 Å². The number of benzene rings is 1. The van der Waals surface area contributed by atoms with Crippen LogP contribution in [0.1, 0.15) is 50.9 Å². The molecule has 4 nitrogen and oxygen atoms in total. The minimum Gasteiger partial charge on any atom is -0.465 e. The summed E-state index contributed by atoms with van der Waals surface area (Å²) in [6, 6.07) is 6.09. The van der Waals surface area contributed by atoms with Crippen LogP contribution >= 0.6 is 0 Å². The van der Waals surface area contributed by atoms with Crippen LogP contribution in [0.15, 0.2) is 18.2 Å². The summed E-state index contributed by atoms with van der Waals surface area (Å²) in [5.41, 5.74) is 7.82. The molecule has 118 valence electrons. The van der Waals surface area contributed by atoms with E-state index in [1.165, 1.54) is 7.11 Å². The van der Waals surface area contributed by atoms with Crippen molar-refractivity contribution in [2.45, 2.75) is 46.6 Å². The zero-order chi connectivity index (χ0) is 16.0. The fourth-order valence-electron chi connectivity index (χ4n) is 2.60. The van der Waals surface area contributed by atoms with Gasteiger partial charge >= 0.3 is 5.97 Å². The Balaban J connectivity index is 3.21. The molecule has 0 unspecified atom stereocenters. The SMILES string of the molecule is CCC(CC)N(CC(C)C)c1ccc(N)c(C(=O)OC)c1. The predicted molar refractivity (Wildman–Crippen MR) is 88.7 cm³/mol. The molecule has 0 aliphatic carbocycles. The van der Waals surface area contributed by atoms with E-state index in [1.807, 2.05) is 12.1 Å². The van der Waals surface area contributed by atoms with Gasteiger partial charge in [0, 0.05) is 24.0 Å². The number of rotatable bonds is 7. The van der Waals surface area contributed by atoms with Crippen molar-refractivity contribution in [1.29, 1.82) is 0 Å². The second-order valence-electron chi connectivity index (χ2n) is 5.78. The monoisotopic (exact) mass is 292 g/mol. The lowest BCUT2D eigenvalue weighted by Crippen LogP contribution is -2.37. The summed E-state index contributed by atoms with van der Waals surface area (Å²) in [5.74, 6) is 0.160. The molecule has 0 spiro atoms. The fraction of sp³-hybridized carbons (Fsp3) is 0.588. The van der Waals surface area contributed by atoms with Crippen molar-refractivity contribution in [1.82, 2.24) is 0 Å². The van der Waals surface area contributed by atoms with E-state index in [0.29, 0.717) is 23.2 Å². The molecule has 0 heterocycles. The molecule has 1 aromatic rings. The van der Waals surface area contributed by atoms with Crippen LogP contribution in [0.5, 0.6) is 0 Å². The van der Waals surface area contributed by atoms with Crippen molar-refractivity contribution in [2.24, 2.45) is 5.92 Å². The molecule has 0 aromatic heterocycles. The van der Waals surface area contributed by atoms with Gasteiger partial charge in [-0.3, -0.25) is 0 Å². The van der Waals surface area contributed by atoms with Gasteiger partial charge in [0.05, 0.1) is 12.7 Å². The Morgan fingerprint density at radius 3 is 2.38 bits per heavy atom. The molecule has 0 saturated heterocycles. The van der Waals surface area contributed by atoms with E-state index in [2.05, 4.69) is 32.6 Å². The van der Waals surface area contributed by atoms with Crippen molar-refractivity contribution in [3.63, 3.8) is 0 Å². The molecular formula is C17H28N2O2. The smallest absolute Gasteiger partial charge is 0.340 e. The number of anilines is 2. The third kappa shape index (κ3) is 4.38. The third-order valence-corrected chi connectivity index (χ3v) is 3.72. The largest absolute Gasteiger partial charge is 0.465 e. The Labute approximate surface area is 128 Å². The summed E-state index contributed by atoms with van der Waals surface area (Å²) < 4.78 is 4.81. The van der Waals surface area contributed by atoms with Gasteiger partial charge in [-0.2, -0.15) is 0 Å². The van der Waals surface area contributed by atoms with E-state index < -0.39 is 0 Å². The first-order chi connectivity index (χ1) is 9.94. The quantitative estimate of drug-likeness (QED) is 0.615. The van der Waals surface area contributed by atoms with Gasteiger partial charge in [-0.05, 0) is 37.0 Å². The van der Waals surface area contributed by atoms with Crippen LogP contribution in [-0.2, 0) is 4.74 Å². The summed E-state index contributed by atoms with van der Waals surface area (Å²) >= 11 is 0. The number of carbonyl (C=O) groups excluding carboxylic acids is 1. The number of nitrogens with zero attached hydrogens (tertiary/aromatic N) is 1. The van der Waals surface area contributed by atoms with Crippen LogP contribution in [0.3, 0.4) is 0 Å². The molecule has 21 heavy (non-hydrogen) atoms. The lowest BCUT2D eigenvalue weighted by Gasteiger charge is -2.34. The maximum atomic E-state index is 11.8. The number of methoxy groups -OCH3 is 1. The molecule has 0 fully saturated rings. The van der Waals surface area contributed by atoms with Crippen molar-refractivity contribution in [2.75, 3.05) is 24.3 Å². The van der Waals surface area contributed by atoms with E-state index in [0.717, 1.165) is 25.1 Å². The molecule has 1 rings (SSSR count). The van der Waals surface area contributed by atoms with Crippen molar-refractivity contribution >= 4 is 17.3 Å². The van der Waals surface area contributed by atoms with Gasteiger partial charge in [-0.25, -0.2) is 4.79 Å². The minimum absolute atomic E-state index is 0.386. The molecule has 2 N–H and O–H groups in total. The van der Waals surface area contributed by atoms with Crippen LogP contribution < -0.4 is 10.6 Å². The second-order valence-corrected chi connectivity index (χ2v) is 5.78. The fourth-order valence-corrected chi connectivity index (χ4v) is 2.60. The van der Waals surface area contributed by atoms with Gasteiger partial charge in [-0.15, -0.1) is 0 Å². The highest BCUT2D eigenvalue weighted by Gasteiger charge is 2.19. The summed E-state index contributed by atoms with van der Waals surface area (Å²) in [5, 5.41) is 0. The molecule has 0 aliphatic heterocycles. The van der Waals surface area contributed by atoms with Crippen LogP contribution in [0, 0.1) is 5.92 Å². The van der Waals surface area contributed by atoms with E-state index >= 15 is 0 Å². The third-order valence-electron chi connectivity index (χ3n) is 3.72.